The van der Waals surface area contributed by atoms with Crippen LogP contribution in [0.3, 0.4) is 0 Å². The number of rotatable bonds is 1. The summed E-state index contributed by atoms with van der Waals surface area (Å²) >= 11 is 0. The van der Waals surface area contributed by atoms with Crippen LogP contribution < -0.4 is 0 Å². The molecule has 7 nitrogen and oxygen atoms in total. The molecule has 0 spiro atoms. The maximum atomic E-state index is 11.6. The van der Waals surface area contributed by atoms with Crippen LogP contribution in [0.15, 0.2) is 23.1 Å². The van der Waals surface area contributed by atoms with E-state index in [0.717, 1.165) is 12.1 Å². The molecule has 1 aliphatic heterocycles. The second kappa shape index (κ2) is 6.02. The van der Waals surface area contributed by atoms with Gasteiger partial charge in [0.15, 0.2) is 0 Å². The molecule has 1 radical (unpaired) electrons. The molecule has 1 aromatic rings. The average molecular weight is 295 g/mol. The normalized spacial score (nSPS) is 15.2. The van der Waals surface area contributed by atoms with Crippen LogP contribution in [0.5, 0.6) is 0 Å². The van der Waals surface area contributed by atoms with Crippen LogP contribution in [-0.2, 0) is 19.6 Å². The number of benzene rings is 1. The molecule has 2 rings (SSSR count). The second-order valence-electron chi connectivity index (χ2n) is 3.43. The molecule has 97 valence electrons. The molecule has 9 heteroatoms. The van der Waals surface area contributed by atoms with Crippen molar-refractivity contribution in [3.63, 3.8) is 0 Å². The Morgan fingerprint density at radius 2 is 1.42 bits per heavy atom. The van der Waals surface area contributed by atoms with Crippen LogP contribution in [0.2, 0.25) is 0 Å². The summed E-state index contributed by atoms with van der Waals surface area (Å²) < 4.78 is 41.1. The topological polar surface area (TPSA) is 107 Å². The molecule has 0 saturated heterocycles. The van der Waals surface area contributed by atoms with Gasteiger partial charge in [-0.25, -0.2) is 9.59 Å². The molecule has 2 bridgehead atoms. The Labute approximate surface area is 130 Å². The number of carbonyl (C=O) groups excluding carboxylic acids is 2. The van der Waals surface area contributed by atoms with E-state index >= 15 is 0 Å². The Morgan fingerprint density at radius 1 is 1.00 bits per heavy atom. The number of hydrogen-bond donors (Lipinski definition) is 1. The summed E-state index contributed by atoms with van der Waals surface area (Å²) in [6.45, 7) is -0.373. The van der Waals surface area contributed by atoms with Gasteiger partial charge in [0.2, 0.25) is 0 Å². The minimum absolute atomic E-state index is 0. The molecule has 0 saturated carbocycles. The van der Waals surface area contributed by atoms with Crippen molar-refractivity contribution in [1.82, 2.24) is 0 Å². The van der Waals surface area contributed by atoms with Gasteiger partial charge in [-0.2, -0.15) is 8.42 Å². The van der Waals surface area contributed by atoms with Crippen molar-refractivity contribution >= 4 is 51.6 Å². The van der Waals surface area contributed by atoms with Gasteiger partial charge in [-0.1, -0.05) is 6.07 Å². The Bertz CT molecular complexity index is 587. The first-order valence-corrected chi connectivity index (χ1v) is 6.30. The average Bonchev–Trinajstić information content (AvgIpc) is 2.34. The van der Waals surface area contributed by atoms with Gasteiger partial charge in [-0.15, -0.1) is 0 Å². The summed E-state index contributed by atoms with van der Waals surface area (Å²) in [6, 6.07) is 3.59. The zero-order chi connectivity index (χ0) is 13.3. The summed E-state index contributed by atoms with van der Waals surface area (Å²) in [5.74, 6) is -1.88. The van der Waals surface area contributed by atoms with Gasteiger partial charge in [0.25, 0.3) is 10.1 Å². The Balaban J connectivity index is 0.00000180. The van der Waals surface area contributed by atoms with E-state index in [0.29, 0.717) is 0 Å². The largest absolute Gasteiger partial charge is 0.458 e. The Hall–Kier alpha value is -0.930. The first-order valence-electron chi connectivity index (χ1n) is 4.86. The van der Waals surface area contributed by atoms with Crippen molar-refractivity contribution in [2.45, 2.75) is 4.90 Å². The molecule has 1 N–H and O–H groups in total. The van der Waals surface area contributed by atoms with E-state index in [1.165, 1.54) is 6.07 Å². The molecule has 1 heterocycles. The van der Waals surface area contributed by atoms with E-state index in [9.17, 15) is 18.0 Å². The monoisotopic (exact) mass is 295 g/mol. The van der Waals surface area contributed by atoms with Gasteiger partial charge < -0.3 is 9.47 Å². The van der Waals surface area contributed by atoms with E-state index in [-0.39, 0.29) is 42.8 Å². The third kappa shape index (κ3) is 3.34. The standard InChI is InChI=1S/C10H8O7S.Na/c11-9-6-2-1-3-7(8(6)18(13,14)15)10(12)17-5-4-16-9;/h1-3H,4-5H2,(H,13,14,15);. The second-order valence-corrected chi connectivity index (χ2v) is 4.79. The van der Waals surface area contributed by atoms with E-state index < -0.39 is 38.1 Å². The van der Waals surface area contributed by atoms with Gasteiger partial charge in [-0.3, -0.25) is 4.55 Å². The molecule has 19 heavy (non-hydrogen) atoms. The first kappa shape index (κ1) is 16.1. The Kier molecular flexibility index (Phi) is 5.11. The maximum Gasteiger partial charge on any atom is 0.339 e. The molecule has 0 fully saturated rings. The summed E-state index contributed by atoms with van der Waals surface area (Å²) in [4.78, 5) is 22.4. The summed E-state index contributed by atoms with van der Waals surface area (Å²) in [5, 5.41) is 0. The molecule has 0 aromatic heterocycles. The van der Waals surface area contributed by atoms with Crippen molar-refractivity contribution < 1.29 is 32.0 Å². The number of fused-ring (bicyclic) bond motifs is 2. The molecule has 0 atom stereocenters. The quantitative estimate of drug-likeness (QED) is 0.437. The number of hydrogen-bond acceptors (Lipinski definition) is 6. The molecule has 0 aliphatic carbocycles. The van der Waals surface area contributed by atoms with Crippen molar-refractivity contribution in [2.24, 2.45) is 0 Å². The van der Waals surface area contributed by atoms with E-state index in [2.05, 4.69) is 0 Å². The predicted octanol–water partition coefficient (Wildman–Crippen LogP) is -0.120. The summed E-state index contributed by atoms with van der Waals surface area (Å²) in [5.41, 5.74) is -0.789. The number of esters is 2. The zero-order valence-corrected chi connectivity index (χ0v) is 12.8. The molecule has 0 unspecified atom stereocenters. The Morgan fingerprint density at radius 3 is 1.79 bits per heavy atom. The van der Waals surface area contributed by atoms with Crippen LogP contribution in [0.1, 0.15) is 20.7 Å². The van der Waals surface area contributed by atoms with Gasteiger partial charge in [0.05, 0.1) is 11.1 Å². The zero-order valence-electron chi connectivity index (χ0n) is 9.95. The smallest absolute Gasteiger partial charge is 0.339 e. The van der Waals surface area contributed by atoms with E-state index in [4.69, 9.17) is 14.0 Å². The first-order chi connectivity index (χ1) is 8.41. The minimum atomic E-state index is -4.75. The number of cyclic esters (lactones) is 2. The SMILES string of the molecule is O=C1OCCOC(=O)c2cccc1c2S(=O)(=O)O.[Na]. The van der Waals surface area contributed by atoms with E-state index in [1.54, 1.807) is 0 Å². The molecule has 1 aromatic carbocycles. The van der Waals surface area contributed by atoms with Crippen molar-refractivity contribution in [1.29, 1.82) is 0 Å². The van der Waals surface area contributed by atoms with E-state index in [1.807, 2.05) is 0 Å². The fourth-order valence-electron chi connectivity index (χ4n) is 1.56. The number of carbonyl (C=O) groups is 2. The van der Waals surface area contributed by atoms with Crippen LogP contribution in [0.4, 0.5) is 0 Å². The van der Waals surface area contributed by atoms with Crippen LogP contribution in [-0.4, -0.2) is 67.7 Å². The number of ether oxygens (including phenoxy) is 2. The van der Waals surface area contributed by atoms with Crippen LogP contribution in [0, 0.1) is 0 Å². The summed E-state index contributed by atoms with van der Waals surface area (Å²) in [7, 11) is -4.75. The van der Waals surface area contributed by atoms with Crippen molar-refractivity contribution in [3.05, 3.63) is 29.3 Å². The fraction of sp³-hybridized carbons (Fsp3) is 0.200. The van der Waals surface area contributed by atoms with Crippen LogP contribution in [0.25, 0.3) is 0 Å². The third-order valence-corrected chi connectivity index (χ3v) is 3.22. The van der Waals surface area contributed by atoms with Gasteiger partial charge >= 0.3 is 11.9 Å². The van der Waals surface area contributed by atoms with Crippen LogP contribution >= 0.6 is 0 Å². The third-order valence-electron chi connectivity index (χ3n) is 2.26. The molecule has 1 aliphatic rings. The summed E-state index contributed by atoms with van der Waals surface area (Å²) in [6.07, 6.45) is 0. The minimum Gasteiger partial charge on any atom is -0.458 e. The fourth-order valence-corrected chi connectivity index (χ4v) is 2.42. The van der Waals surface area contributed by atoms with Gasteiger partial charge in [-0.05, 0) is 12.1 Å². The molecular formula is C10H8NaO7S. The van der Waals surface area contributed by atoms with Crippen molar-refractivity contribution in [3.8, 4) is 0 Å². The molecular weight excluding hydrogens is 287 g/mol. The predicted molar refractivity (Wildman–Crippen MR) is 62.6 cm³/mol. The van der Waals surface area contributed by atoms with Gasteiger partial charge in [0.1, 0.15) is 18.1 Å². The molecule has 0 amide bonds. The van der Waals surface area contributed by atoms with Gasteiger partial charge in [0, 0.05) is 29.6 Å². The van der Waals surface area contributed by atoms with Crippen molar-refractivity contribution in [2.75, 3.05) is 13.2 Å². The maximum absolute atomic E-state index is 11.6.